The quantitative estimate of drug-likeness (QED) is 0.844. The summed E-state index contributed by atoms with van der Waals surface area (Å²) < 4.78 is 5.40. The van der Waals surface area contributed by atoms with Gasteiger partial charge < -0.3 is 15.4 Å². The summed E-state index contributed by atoms with van der Waals surface area (Å²) in [6, 6.07) is 0.304. The molecule has 0 aromatic heterocycles. The molecule has 3 atom stereocenters. The van der Waals surface area contributed by atoms with Crippen molar-refractivity contribution in [2.45, 2.75) is 58.6 Å². The number of carbonyl (C=O) groups excluding carboxylic acids is 1. The molecule has 0 bridgehead atoms. The molecule has 0 heterocycles. The second-order valence-electron chi connectivity index (χ2n) is 6.53. The topological polar surface area (TPSA) is 55.6 Å². The van der Waals surface area contributed by atoms with E-state index in [4.69, 9.17) is 10.5 Å². The zero-order valence-electron chi connectivity index (χ0n) is 12.4. The minimum atomic E-state index is -0.423. The molecule has 1 aliphatic rings. The SMILES string of the molecule is CC(CN)C1CCC(N(C)C(=O)OC(C)(C)C)C1. The Morgan fingerprint density at radius 3 is 2.56 bits per heavy atom. The smallest absolute Gasteiger partial charge is 0.410 e. The van der Waals surface area contributed by atoms with E-state index < -0.39 is 5.60 Å². The first-order chi connectivity index (χ1) is 8.24. The maximum atomic E-state index is 12.0. The van der Waals surface area contributed by atoms with Crippen molar-refractivity contribution in [1.29, 1.82) is 0 Å². The molecule has 0 spiro atoms. The van der Waals surface area contributed by atoms with Crippen molar-refractivity contribution < 1.29 is 9.53 Å². The van der Waals surface area contributed by atoms with Crippen molar-refractivity contribution >= 4 is 6.09 Å². The van der Waals surface area contributed by atoms with E-state index in [9.17, 15) is 4.79 Å². The fourth-order valence-corrected chi connectivity index (χ4v) is 2.54. The average Bonchev–Trinajstić information content (AvgIpc) is 2.73. The van der Waals surface area contributed by atoms with Gasteiger partial charge in [-0.2, -0.15) is 0 Å². The monoisotopic (exact) mass is 256 g/mol. The van der Waals surface area contributed by atoms with Gasteiger partial charge in [-0.1, -0.05) is 6.92 Å². The maximum absolute atomic E-state index is 12.0. The molecule has 4 heteroatoms. The molecule has 0 aromatic carbocycles. The van der Waals surface area contributed by atoms with Crippen LogP contribution in [-0.2, 0) is 4.74 Å². The number of rotatable bonds is 3. The van der Waals surface area contributed by atoms with Crippen molar-refractivity contribution in [3.8, 4) is 0 Å². The van der Waals surface area contributed by atoms with E-state index in [2.05, 4.69) is 6.92 Å². The van der Waals surface area contributed by atoms with Crippen LogP contribution in [0.4, 0.5) is 4.79 Å². The number of carbonyl (C=O) groups is 1. The second kappa shape index (κ2) is 5.91. The molecule has 4 nitrogen and oxygen atoms in total. The minimum Gasteiger partial charge on any atom is -0.444 e. The lowest BCUT2D eigenvalue weighted by Crippen LogP contribution is -2.39. The van der Waals surface area contributed by atoms with Gasteiger partial charge in [-0.3, -0.25) is 0 Å². The molecular formula is C14H28N2O2. The fourth-order valence-electron chi connectivity index (χ4n) is 2.54. The molecule has 106 valence electrons. The van der Waals surface area contributed by atoms with Gasteiger partial charge in [0.25, 0.3) is 0 Å². The predicted molar refractivity (Wildman–Crippen MR) is 73.3 cm³/mol. The van der Waals surface area contributed by atoms with E-state index in [-0.39, 0.29) is 6.09 Å². The van der Waals surface area contributed by atoms with Crippen molar-refractivity contribution in [2.75, 3.05) is 13.6 Å². The van der Waals surface area contributed by atoms with Crippen LogP contribution < -0.4 is 5.73 Å². The van der Waals surface area contributed by atoms with Crippen LogP contribution in [0.5, 0.6) is 0 Å². The molecule has 18 heavy (non-hydrogen) atoms. The number of nitrogens with two attached hydrogens (primary N) is 1. The van der Waals surface area contributed by atoms with E-state index in [1.807, 2.05) is 27.8 Å². The highest BCUT2D eigenvalue weighted by molar-refractivity contribution is 5.68. The van der Waals surface area contributed by atoms with Crippen LogP contribution in [0, 0.1) is 11.8 Å². The lowest BCUT2D eigenvalue weighted by atomic mass is 9.92. The van der Waals surface area contributed by atoms with Gasteiger partial charge in [-0.25, -0.2) is 4.79 Å². The number of hydrogen-bond donors (Lipinski definition) is 1. The van der Waals surface area contributed by atoms with Gasteiger partial charge in [-0.15, -0.1) is 0 Å². The van der Waals surface area contributed by atoms with Crippen LogP contribution in [0.2, 0.25) is 0 Å². The fraction of sp³-hybridized carbons (Fsp3) is 0.929. The van der Waals surface area contributed by atoms with Crippen LogP contribution in [-0.4, -0.2) is 36.2 Å². The Bertz CT molecular complexity index is 286. The average molecular weight is 256 g/mol. The zero-order chi connectivity index (χ0) is 13.9. The summed E-state index contributed by atoms with van der Waals surface area (Å²) in [5.74, 6) is 1.19. The molecule has 0 radical (unpaired) electrons. The summed E-state index contributed by atoms with van der Waals surface area (Å²) in [6.45, 7) is 8.61. The molecule has 2 N–H and O–H groups in total. The van der Waals surface area contributed by atoms with Crippen LogP contribution in [0.3, 0.4) is 0 Å². The van der Waals surface area contributed by atoms with Gasteiger partial charge in [0.2, 0.25) is 0 Å². The number of hydrogen-bond acceptors (Lipinski definition) is 3. The van der Waals surface area contributed by atoms with E-state index in [1.54, 1.807) is 4.90 Å². The number of amides is 1. The summed E-state index contributed by atoms with van der Waals surface area (Å²) in [6.07, 6.45) is 3.06. The molecular weight excluding hydrogens is 228 g/mol. The highest BCUT2D eigenvalue weighted by atomic mass is 16.6. The van der Waals surface area contributed by atoms with Crippen LogP contribution in [0.25, 0.3) is 0 Å². The van der Waals surface area contributed by atoms with Crippen molar-refractivity contribution in [2.24, 2.45) is 17.6 Å². The van der Waals surface area contributed by atoms with Gasteiger partial charge in [-0.05, 0) is 58.4 Å². The van der Waals surface area contributed by atoms with Crippen LogP contribution >= 0.6 is 0 Å². The second-order valence-corrected chi connectivity index (χ2v) is 6.53. The molecule has 1 amide bonds. The van der Waals surface area contributed by atoms with Gasteiger partial charge >= 0.3 is 6.09 Å². The van der Waals surface area contributed by atoms with Crippen molar-refractivity contribution in [1.82, 2.24) is 4.90 Å². The number of ether oxygens (including phenoxy) is 1. The van der Waals surface area contributed by atoms with Crippen LogP contribution in [0.1, 0.15) is 47.0 Å². The lowest BCUT2D eigenvalue weighted by molar-refractivity contribution is 0.0222. The Kier molecular flexibility index (Phi) is 5.02. The van der Waals surface area contributed by atoms with Crippen LogP contribution in [0.15, 0.2) is 0 Å². The molecule has 0 aromatic rings. The van der Waals surface area contributed by atoms with E-state index in [1.165, 1.54) is 0 Å². The van der Waals surface area contributed by atoms with E-state index >= 15 is 0 Å². The third kappa shape index (κ3) is 4.16. The summed E-state index contributed by atoms with van der Waals surface area (Å²) >= 11 is 0. The Balaban J connectivity index is 2.49. The summed E-state index contributed by atoms with van der Waals surface area (Å²) in [7, 11) is 1.84. The standard InChI is InChI=1S/C14H28N2O2/c1-10(9-15)11-6-7-12(8-11)16(5)13(17)18-14(2,3)4/h10-12H,6-9,15H2,1-5H3. The third-order valence-electron chi connectivity index (χ3n) is 3.85. The van der Waals surface area contributed by atoms with E-state index in [0.29, 0.717) is 17.9 Å². The molecule has 0 saturated heterocycles. The molecule has 1 fully saturated rings. The summed E-state index contributed by atoms with van der Waals surface area (Å²) in [4.78, 5) is 13.7. The highest BCUT2D eigenvalue weighted by Crippen LogP contribution is 2.34. The first-order valence-electron chi connectivity index (χ1n) is 6.90. The summed E-state index contributed by atoms with van der Waals surface area (Å²) in [5.41, 5.74) is 5.29. The first kappa shape index (κ1) is 15.3. The Labute approximate surface area is 111 Å². The molecule has 3 unspecified atom stereocenters. The lowest BCUT2D eigenvalue weighted by Gasteiger charge is -2.29. The third-order valence-corrected chi connectivity index (χ3v) is 3.85. The van der Waals surface area contributed by atoms with Crippen molar-refractivity contribution in [3.05, 3.63) is 0 Å². The predicted octanol–water partition coefficient (Wildman–Crippen LogP) is 2.62. The molecule has 1 saturated carbocycles. The Morgan fingerprint density at radius 1 is 1.44 bits per heavy atom. The minimum absolute atomic E-state index is 0.214. The van der Waals surface area contributed by atoms with Gasteiger partial charge in [0.1, 0.15) is 5.60 Å². The summed E-state index contributed by atoms with van der Waals surface area (Å²) in [5, 5.41) is 0. The van der Waals surface area contributed by atoms with Gasteiger partial charge in [0.05, 0.1) is 0 Å². The molecule has 1 aliphatic carbocycles. The van der Waals surface area contributed by atoms with Gasteiger partial charge in [0.15, 0.2) is 0 Å². The molecule has 1 rings (SSSR count). The van der Waals surface area contributed by atoms with Gasteiger partial charge in [0, 0.05) is 13.1 Å². The Morgan fingerprint density at radius 2 is 2.06 bits per heavy atom. The largest absolute Gasteiger partial charge is 0.444 e. The normalized spacial score (nSPS) is 25.9. The maximum Gasteiger partial charge on any atom is 0.410 e. The highest BCUT2D eigenvalue weighted by Gasteiger charge is 2.33. The van der Waals surface area contributed by atoms with Crippen molar-refractivity contribution in [3.63, 3.8) is 0 Å². The number of nitrogens with zero attached hydrogens (tertiary/aromatic N) is 1. The zero-order valence-corrected chi connectivity index (χ0v) is 12.4. The Hall–Kier alpha value is -0.770. The first-order valence-corrected chi connectivity index (χ1v) is 6.90. The molecule has 0 aliphatic heterocycles. The van der Waals surface area contributed by atoms with E-state index in [0.717, 1.165) is 25.8 Å².